The summed E-state index contributed by atoms with van der Waals surface area (Å²) in [6.07, 6.45) is 0.149. The fraction of sp³-hybridized carbons (Fsp3) is 0.750. The van der Waals surface area contributed by atoms with Crippen molar-refractivity contribution in [3.8, 4) is 0 Å². The van der Waals surface area contributed by atoms with E-state index in [1.165, 1.54) is 0 Å². The van der Waals surface area contributed by atoms with Crippen LogP contribution in [-0.4, -0.2) is 52.1 Å². The van der Waals surface area contributed by atoms with Crippen molar-refractivity contribution in [2.24, 2.45) is 17.6 Å². The molecule has 2 amide bonds. The number of carboxylic acids is 2. The molecule has 6 N–H and O–H groups in total. The number of hydrogen-bond acceptors (Lipinski definition) is 5. The third kappa shape index (κ3) is 7.97. The molecule has 9 heteroatoms. The quantitative estimate of drug-likeness (QED) is 0.345. The Kier molecular flexibility index (Phi) is 9.73. The summed E-state index contributed by atoms with van der Waals surface area (Å²) in [6, 6.07) is -3.15. The fourth-order valence-corrected chi connectivity index (χ4v) is 2.08. The second kappa shape index (κ2) is 10.7. The van der Waals surface area contributed by atoms with E-state index < -0.39 is 41.9 Å². The Morgan fingerprint density at radius 3 is 1.96 bits per heavy atom. The molecule has 4 unspecified atom stereocenters. The minimum absolute atomic E-state index is 0.120. The molecule has 0 aromatic rings. The average molecular weight is 359 g/mol. The van der Waals surface area contributed by atoms with Crippen molar-refractivity contribution < 1.29 is 29.4 Å². The molecule has 0 saturated carbocycles. The van der Waals surface area contributed by atoms with Crippen molar-refractivity contribution in [2.45, 2.75) is 65.1 Å². The number of carbonyl (C=O) groups excluding carboxylic acids is 2. The Morgan fingerprint density at radius 2 is 1.56 bits per heavy atom. The van der Waals surface area contributed by atoms with Gasteiger partial charge in [-0.1, -0.05) is 34.1 Å². The minimum atomic E-state index is -1.21. The van der Waals surface area contributed by atoms with E-state index in [-0.39, 0.29) is 24.7 Å². The monoisotopic (exact) mass is 359 g/mol. The first-order valence-electron chi connectivity index (χ1n) is 8.32. The number of carboxylic acid groups (broad SMARTS) is 2. The van der Waals surface area contributed by atoms with Gasteiger partial charge in [-0.05, 0) is 18.3 Å². The summed E-state index contributed by atoms with van der Waals surface area (Å²) in [5.41, 5.74) is 5.82. The van der Waals surface area contributed by atoms with Crippen molar-refractivity contribution in [3.05, 3.63) is 0 Å². The highest BCUT2D eigenvalue weighted by Crippen LogP contribution is 2.08. The molecule has 0 heterocycles. The van der Waals surface area contributed by atoms with Crippen LogP contribution < -0.4 is 16.4 Å². The molecule has 0 aliphatic rings. The third-order valence-corrected chi connectivity index (χ3v) is 4.07. The smallest absolute Gasteiger partial charge is 0.326 e. The molecular formula is C16H29N3O6. The van der Waals surface area contributed by atoms with E-state index in [2.05, 4.69) is 10.6 Å². The van der Waals surface area contributed by atoms with Crippen LogP contribution in [0, 0.1) is 11.8 Å². The van der Waals surface area contributed by atoms with Crippen LogP contribution >= 0.6 is 0 Å². The predicted molar refractivity (Wildman–Crippen MR) is 90.6 cm³/mol. The van der Waals surface area contributed by atoms with E-state index in [4.69, 9.17) is 15.9 Å². The number of amides is 2. The number of nitrogens with two attached hydrogens (primary N) is 1. The molecule has 25 heavy (non-hydrogen) atoms. The standard InChI is InChI=1S/C16H29N3O6/c1-5-9(4)12(17)15(23)18-10(6-7-11(20)21)14(22)19-13(8(2)3)16(24)25/h8-10,12-13H,5-7,17H2,1-4H3,(H,18,23)(H,19,22)(H,20,21)(H,24,25). The highest BCUT2D eigenvalue weighted by Gasteiger charge is 2.30. The van der Waals surface area contributed by atoms with Crippen LogP contribution in [0.25, 0.3) is 0 Å². The molecule has 0 aliphatic carbocycles. The number of nitrogens with one attached hydrogen (secondary N) is 2. The summed E-state index contributed by atoms with van der Waals surface area (Å²) < 4.78 is 0. The topological polar surface area (TPSA) is 159 Å². The van der Waals surface area contributed by atoms with Crippen LogP contribution in [-0.2, 0) is 19.2 Å². The van der Waals surface area contributed by atoms with Gasteiger partial charge in [0, 0.05) is 6.42 Å². The van der Waals surface area contributed by atoms with Gasteiger partial charge < -0.3 is 26.6 Å². The zero-order valence-electron chi connectivity index (χ0n) is 15.1. The summed E-state index contributed by atoms with van der Waals surface area (Å²) in [5, 5.41) is 22.7. The normalized spacial score (nSPS) is 15.8. The maximum absolute atomic E-state index is 12.3. The lowest BCUT2D eigenvalue weighted by atomic mass is 9.98. The van der Waals surface area contributed by atoms with E-state index >= 15 is 0 Å². The van der Waals surface area contributed by atoms with Crippen LogP contribution in [0.4, 0.5) is 0 Å². The van der Waals surface area contributed by atoms with E-state index in [1.807, 2.05) is 6.92 Å². The highest BCUT2D eigenvalue weighted by atomic mass is 16.4. The van der Waals surface area contributed by atoms with E-state index in [0.29, 0.717) is 6.42 Å². The molecule has 0 rings (SSSR count). The Labute approximate surface area is 147 Å². The second-order valence-electron chi connectivity index (χ2n) is 6.47. The Balaban J connectivity index is 5.14. The lowest BCUT2D eigenvalue weighted by molar-refractivity contribution is -0.144. The van der Waals surface area contributed by atoms with Crippen LogP contribution in [0.1, 0.15) is 47.0 Å². The van der Waals surface area contributed by atoms with Gasteiger partial charge in [0.1, 0.15) is 12.1 Å². The first-order valence-corrected chi connectivity index (χ1v) is 8.32. The van der Waals surface area contributed by atoms with Crippen molar-refractivity contribution in [1.29, 1.82) is 0 Å². The Morgan fingerprint density at radius 1 is 1.00 bits per heavy atom. The highest BCUT2D eigenvalue weighted by molar-refractivity contribution is 5.92. The molecule has 0 saturated heterocycles. The zero-order valence-corrected chi connectivity index (χ0v) is 15.1. The number of hydrogen-bond donors (Lipinski definition) is 5. The number of carbonyl (C=O) groups is 4. The van der Waals surface area contributed by atoms with Crippen molar-refractivity contribution in [3.63, 3.8) is 0 Å². The molecule has 4 atom stereocenters. The third-order valence-electron chi connectivity index (χ3n) is 4.07. The molecule has 0 fully saturated rings. The molecule has 0 aromatic heterocycles. The van der Waals surface area contributed by atoms with Gasteiger partial charge in [-0.2, -0.15) is 0 Å². The molecule has 0 radical (unpaired) electrons. The maximum atomic E-state index is 12.3. The molecule has 0 aromatic carbocycles. The van der Waals surface area contributed by atoms with E-state index in [0.717, 1.165) is 0 Å². The largest absolute Gasteiger partial charge is 0.481 e. The summed E-state index contributed by atoms with van der Waals surface area (Å²) in [7, 11) is 0. The zero-order chi connectivity index (χ0) is 19.7. The number of aliphatic carboxylic acids is 2. The molecule has 0 bridgehead atoms. The SMILES string of the molecule is CCC(C)C(N)C(=O)NC(CCC(=O)O)C(=O)NC(C(=O)O)C(C)C. The summed E-state index contributed by atoms with van der Waals surface area (Å²) in [6.45, 7) is 6.91. The van der Waals surface area contributed by atoms with Gasteiger partial charge in [0.25, 0.3) is 0 Å². The Hall–Kier alpha value is -2.16. The van der Waals surface area contributed by atoms with E-state index in [1.54, 1.807) is 20.8 Å². The van der Waals surface area contributed by atoms with Crippen LogP contribution in [0.3, 0.4) is 0 Å². The molecule has 0 spiro atoms. The second-order valence-corrected chi connectivity index (χ2v) is 6.47. The van der Waals surface area contributed by atoms with Crippen LogP contribution in [0.2, 0.25) is 0 Å². The van der Waals surface area contributed by atoms with Crippen molar-refractivity contribution in [1.82, 2.24) is 10.6 Å². The first kappa shape index (κ1) is 22.8. The van der Waals surface area contributed by atoms with Gasteiger partial charge >= 0.3 is 11.9 Å². The number of rotatable bonds is 11. The summed E-state index contributed by atoms with van der Waals surface area (Å²) in [4.78, 5) is 46.5. The lowest BCUT2D eigenvalue weighted by Gasteiger charge is -2.25. The molecular weight excluding hydrogens is 330 g/mol. The van der Waals surface area contributed by atoms with Gasteiger partial charge in [0.2, 0.25) is 11.8 Å². The van der Waals surface area contributed by atoms with E-state index in [9.17, 15) is 19.2 Å². The maximum Gasteiger partial charge on any atom is 0.326 e. The van der Waals surface area contributed by atoms with Crippen LogP contribution in [0.5, 0.6) is 0 Å². The molecule has 9 nitrogen and oxygen atoms in total. The van der Waals surface area contributed by atoms with Gasteiger partial charge in [-0.25, -0.2) is 4.79 Å². The van der Waals surface area contributed by atoms with Crippen LogP contribution in [0.15, 0.2) is 0 Å². The van der Waals surface area contributed by atoms with Gasteiger partial charge in [-0.3, -0.25) is 14.4 Å². The van der Waals surface area contributed by atoms with Gasteiger partial charge in [0.15, 0.2) is 0 Å². The van der Waals surface area contributed by atoms with Gasteiger partial charge in [-0.15, -0.1) is 0 Å². The first-order chi connectivity index (χ1) is 11.5. The minimum Gasteiger partial charge on any atom is -0.481 e. The molecule has 0 aliphatic heterocycles. The van der Waals surface area contributed by atoms with Crippen molar-refractivity contribution >= 4 is 23.8 Å². The average Bonchev–Trinajstić information content (AvgIpc) is 2.53. The summed E-state index contributed by atoms with van der Waals surface area (Å²) in [5.74, 6) is -4.14. The lowest BCUT2D eigenvalue weighted by Crippen LogP contribution is -2.56. The summed E-state index contributed by atoms with van der Waals surface area (Å²) >= 11 is 0. The predicted octanol–water partition coefficient (Wildman–Crippen LogP) is -0.0652. The Bertz CT molecular complexity index is 494. The van der Waals surface area contributed by atoms with Gasteiger partial charge in [0.05, 0.1) is 6.04 Å². The fourth-order valence-electron chi connectivity index (χ4n) is 2.08. The van der Waals surface area contributed by atoms with Crippen molar-refractivity contribution in [2.75, 3.05) is 0 Å². The molecule has 144 valence electrons.